The summed E-state index contributed by atoms with van der Waals surface area (Å²) in [4.78, 5) is 4.59. The molecule has 0 aliphatic rings. The Balaban J connectivity index is 2.33. The number of para-hydroxylation sites is 1. The average Bonchev–Trinajstić information content (AvgIpc) is 2.94. The topological polar surface area (TPSA) is 41.6 Å². The zero-order chi connectivity index (χ0) is 12.7. The highest BCUT2D eigenvalue weighted by Crippen LogP contribution is 2.30. The van der Waals surface area contributed by atoms with Crippen LogP contribution in [0.4, 0.5) is 0 Å². The molecule has 3 nitrogen and oxygen atoms in total. The van der Waals surface area contributed by atoms with Crippen LogP contribution < -0.4 is 0 Å². The van der Waals surface area contributed by atoms with Gasteiger partial charge in [-0.3, -0.25) is 0 Å². The van der Waals surface area contributed by atoms with Crippen LogP contribution in [-0.4, -0.2) is 9.55 Å². The van der Waals surface area contributed by atoms with Gasteiger partial charge in [0, 0.05) is 18.0 Å². The van der Waals surface area contributed by atoms with Crippen molar-refractivity contribution in [1.82, 2.24) is 9.55 Å². The maximum absolute atomic E-state index is 9.11. The summed E-state index contributed by atoms with van der Waals surface area (Å²) in [5.41, 5.74) is 3.42. The van der Waals surface area contributed by atoms with Gasteiger partial charge in [-0.2, -0.15) is 5.26 Å². The lowest BCUT2D eigenvalue weighted by atomic mass is 10.2. The number of fused-ring (bicyclic) bond motifs is 1. The number of imidazole rings is 1. The molecule has 0 fully saturated rings. The van der Waals surface area contributed by atoms with Gasteiger partial charge in [0.2, 0.25) is 0 Å². The lowest BCUT2D eigenvalue weighted by molar-refractivity contribution is 0.960. The standard InChI is InChI=1S/C13H8BrN3S/c1-17-10-4-2-3-8(6-15)12(10)16-13(17)9-5-11(14)18-7-9/h2-5,7H,1H3. The maximum Gasteiger partial charge on any atom is 0.141 e. The number of aryl methyl sites for hydroxylation is 1. The predicted octanol–water partition coefficient (Wildman–Crippen LogP) is 3.94. The molecule has 88 valence electrons. The average molecular weight is 318 g/mol. The molecule has 5 heteroatoms. The summed E-state index contributed by atoms with van der Waals surface area (Å²) in [6.07, 6.45) is 0. The van der Waals surface area contributed by atoms with Crippen molar-refractivity contribution in [2.45, 2.75) is 0 Å². The summed E-state index contributed by atoms with van der Waals surface area (Å²) >= 11 is 5.08. The molecule has 0 saturated carbocycles. The summed E-state index contributed by atoms with van der Waals surface area (Å²) in [6.45, 7) is 0. The predicted molar refractivity (Wildman–Crippen MR) is 76.4 cm³/mol. The number of thiophene rings is 1. The molecular weight excluding hydrogens is 310 g/mol. The summed E-state index contributed by atoms with van der Waals surface area (Å²) in [7, 11) is 1.97. The summed E-state index contributed by atoms with van der Waals surface area (Å²) in [5.74, 6) is 0.884. The van der Waals surface area contributed by atoms with Gasteiger partial charge in [0.25, 0.3) is 0 Å². The van der Waals surface area contributed by atoms with Crippen molar-refractivity contribution in [1.29, 1.82) is 5.26 Å². The SMILES string of the molecule is Cn1c(-c2csc(Br)c2)nc2c(C#N)cccc21. The molecule has 0 aliphatic carbocycles. The fourth-order valence-corrected chi connectivity index (χ4v) is 3.13. The fraction of sp³-hybridized carbons (Fsp3) is 0.0769. The second kappa shape index (κ2) is 4.23. The van der Waals surface area contributed by atoms with Crippen LogP contribution >= 0.6 is 27.3 Å². The zero-order valence-electron chi connectivity index (χ0n) is 9.51. The normalized spacial score (nSPS) is 10.7. The molecule has 0 N–H and O–H groups in total. The molecule has 0 saturated heterocycles. The first kappa shape index (κ1) is 11.5. The highest BCUT2D eigenvalue weighted by Gasteiger charge is 2.13. The van der Waals surface area contributed by atoms with E-state index in [1.807, 2.05) is 29.8 Å². The van der Waals surface area contributed by atoms with E-state index in [0.29, 0.717) is 5.56 Å². The third-order valence-corrected chi connectivity index (χ3v) is 4.36. The molecule has 1 aromatic carbocycles. The zero-order valence-corrected chi connectivity index (χ0v) is 11.9. The second-order valence-electron chi connectivity index (χ2n) is 3.92. The van der Waals surface area contributed by atoms with Crippen LogP contribution in [0.1, 0.15) is 5.56 Å². The van der Waals surface area contributed by atoms with Crippen LogP contribution in [-0.2, 0) is 7.05 Å². The number of rotatable bonds is 1. The highest BCUT2D eigenvalue weighted by atomic mass is 79.9. The third-order valence-electron chi connectivity index (χ3n) is 2.86. The van der Waals surface area contributed by atoms with Crippen molar-refractivity contribution in [3.05, 3.63) is 39.0 Å². The molecule has 0 atom stereocenters. The van der Waals surface area contributed by atoms with Crippen molar-refractivity contribution < 1.29 is 0 Å². The number of aromatic nitrogens is 2. The van der Waals surface area contributed by atoms with Crippen molar-refractivity contribution in [2.24, 2.45) is 7.05 Å². The smallest absolute Gasteiger partial charge is 0.141 e. The molecule has 0 amide bonds. The lowest BCUT2D eigenvalue weighted by Crippen LogP contribution is -1.90. The van der Waals surface area contributed by atoms with Crippen molar-refractivity contribution in [3.63, 3.8) is 0 Å². The van der Waals surface area contributed by atoms with E-state index >= 15 is 0 Å². The number of nitriles is 1. The van der Waals surface area contributed by atoms with E-state index in [2.05, 4.69) is 32.4 Å². The molecule has 2 heterocycles. The van der Waals surface area contributed by atoms with E-state index in [-0.39, 0.29) is 0 Å². The molecule has 0 spiro atoms. The third kappa shape index (κ3) is 1.65. The summed E-state index contributed by atoms with van der Waals surface area (Å²) in [6, 6.07) is 9.88. The largest absolute Gasteiger partial charge is 0.327 e. The fourth-order valence-electron chi connectivity index (χ4n) is 1.99. The van der Waals surface area contributed by atoms with Crippen LogP contribution in [0.5, 0.6) is 0 Å². The number of hydrogen-bond donors (Lipinski definition) is 0. The first-order chi connectivity index (χ1) is 8.70. The molecular formula is C13H8BrN3S. The van der Waals surface area contributed by atoms with E-state index in [9.17, 15) is 0 Å². The van der Waals surface area contributed by atoms with Gasteiger partial charge in [0.1, 0.15) is 17.4 Å². The Labute approximate surface area is 116 Å². The van der Waals surface area contributed by atoms with Gasteiger partial charge in [0.15, 0.2) is 0 Å². The Morgan fingerprint density at radius 3 is 2.94 bits per heavy atom. The summed E-state index contributed by atoms with van der Waals surface area (Å²) < 4.78 is 3.09. The lowest BCUT2D eigenvalue weighted by Gasteiger charge is -1.98. The Morgan fingerprint density at radius 1 is 1.44 bits per heavy atom. The molecule has 18 heavy (non-hydrogen) atoms. The van der Waals surface area contributed by atoms with Gasteiger partial charge in [0.05, 0.1) is 14.9 Å². The van der Waals surface area contributed by atoms with Gasteiger partial charge in [-0.15, -0.1) is 11.3 Å². The first-order valence-corrected chi connectivity index (χ1v) is 6.98. The van der Waals surface area contributed by atoms with Gasteiger partial charge in [-0.05, 0) is 34.1 Å². The van der Waals surface area contributed by atoms with Crippen LogP contribution in [0.15, 0.2) is 33.4 Å². The van der Waals surface area contributed by atoms with Crippen molar-refractivity contribution in [3.8, 4) is 17.5 Å². The maximum atomic E-state index is 9.11. The first-order valence-electron chi connectivity index (χ1n) is 5.30. The molecule has 0 radical (unpaired) electrons. The Bertz CT molecular complexity index is 779. The second-order valence-corrected chi connectivity index (χ2v) is 6.21. The minimum atomic E-state index is 0.614. The molecule has 0 aliphatic heterocycles. The quantitative estimate of drug-likeness (QED) is 0.682. The van der Waals surface area contributed by atoms with Gasteiger partial charge in [-0.25, -0.2) is 4.98 Å². The van der Waals surface area contributed by atoms with E-state index in [0.717, 1.165) is 26.2 Å². The van der Waals surface area contributed by atoms with E-state index in [1.165, 1.54) is 0 Å². The Hall–Kier alpha value is -1.64. The van der Waals surface area contributed by atoms with Gasteiger partial charge in [-0.1, -0.05) is 6.07 Å². The number of hydrogen-bond acceptors (Lipinski definition) is 3. The van der Waals surface area contributed by atoms with Gasteiger partial charge >= 0.3 is 0 Å². The minimum absolute atomic E-state index is 0.614. The molecule has 3 aromatic rings. The Kier molecular flexibility index (Phi) is 2.69. The van der Waals surface area contributed by atoms with Crippen LogP contribution in [0.25, 0.3) is 22.4 Å². The minimum Gasteiger partial charge on any atom is -0.327 e. The number of halogens is 1. The van der Waals surface area contributed by atoms with Gasteiger partial charge < -0.3 is 4.57 Å². The van der Waals surface area contributed by atoms with E-state index in [4.69, 9.17) is 5.26 Å². The monoisotopic (exact) mass is 317 g/mol. The van der Waals surface area contributed by atoms with Crippen LogP contribution in [0.2, 0.25) is 0 Å². The van der Waals surface area contributed by atoms with Crippen LogP contribution in [0.3, 0.4) is 0 Å². The van der Waals surface area contributed by atoms with Crippen LogP contribution in [0, 0.1) is 11.3 Å². The molecule has 2 aromatic heterocycles. The number of nitrogens with zero attached hydrogens (tertiary/aromatic N) is 3. The molecule has 0 unspecified atom stereocenters. The van der Waals surface area contributed by atoms with Crippen molar-refractivity contribution >= 4 is 38.3 Å². The molecule has 0 bridgehead atoms. The molecule has 3 rings (SSSR count). The van der Waals surface area contributed by atoms with Crippen molar-refractivity contribution in [2.75, 3.05) is 0 Å². The Morgan fingerprint density at radius 2 is 2.28 bits per heavy atom. The van der Waals surface area contributed by atoms with E-state index < -0.39 is 0 Å². The number of benzene rings is 1. The van der Waals surface area contributed by atoms with E-state index in [1.54, 1.807) is 17.4 Å². The highest BCUT2D eigenvalue weighted by molar-refractivity contribution is 9.11. The summed E-state index contributed by atoms with van der Waals surface area (Å²) in [5, 5.41) is 11.2.